The summed E-state index contributed by atoms with van der Waals surface area (Å²) in [5.41, 5.74) is 6.37. The van der Waals surface area contributed by atoms with Gasteiger partial charge in [-0.1, -0.05) is 6.92 Å². The number of piperazine rings is 1. The Balaban J connectivity index is 1.51. The fraction of sp³-hybridized carbons (Fsp3) is 0.778. The molecule has 0 bridgehead atoms. The highest BCUT2D eigenvalue weighted by Gasteiger charge is 2.30. The topological polar surface area (TPSA) is 61.0 Å². The first-order valence-electron chi connectivity index (χ1n) is 9.40. The molecule has 1 aromatic rings. The van der Waals surface area contributed by atoms with Crippen LogP contribution in [0.25, 0.3) is 0 Å². The number of likely N-dealkylation sites (tertiary alicyclic amines) is 1. The van der Waals surface area contributed by atoms with E-state index in [9.17, 15) is 0 Å². The van der Waals surface area contributed by atoms with Crippen molar-refractivity contribution >= 4 is 22.4 Å². The van der Waals surface area contributed by atoms with Crippen molar-refractivity contribution in [2.45, 2.75) is 39.2 Å². The van der Waals surface area contributed by atoms with Crippen molar-refractivity contribution in [2.24, 2.45) is 16.6 Å². The first kappa shape index (κ1) is 18.5. The van der Waals surface area contributed by atoms with Crippen molar-refractivity contribution in [2.75, 3.05) is 50.7 Å². The second-order valence-corrected chi connectivity index (χ2v) is 8.84. The van der Waals surface area contributed by atoms with Crippen LogP contribution in [0.15, 0.2) is 16.6 Å². The number of nitrogens with zero attached hydrogens (tertiary/aromatic N) is 5. The highest BCUT2D eigenvalue weighted by molar-refractivity contribution is 7.13. The molecular weight excluding hydrogens is 332 g/mol. The fourth-order valence-corrected chi connectivity index (χ4v) is 4.41. The molecule has 0 amide bonds. The summed E-state index contributed by atoms with van der Waals surface area (Å²) < 4.78 is 0. The molecule has 1 atom stereocenters. The van der Waals surface area contributed by atoms with Gasteiger partial charge >= 0.3 is 0 Å². The molecule has 2 aliphatic rings. The van der Waals surface area contributed by atoms with E-state index >= 15 is 0 Å². The molecule has 0 radical (unpaired) electrons. The van der Waals surface area contributed by atoms with E-state index < -0.39 is 0 Å². The molecule has 2 saturated heterocycles. The molecule has 7 heteroatoms. The Labute approximate surface area is 155 Å². The lowest BCUT2D eigenvalue weighted by Gasteiger charge is -2.42. The second-order valence-electron chi connectivity index (χ2n) is 7.97. The van der Waals surface area contributed by atoms with Crippen molar-refractivity contribution < 1.29 is 0 Å². The second kappa shape index (κ2) is 7.91. The maximum absolute atomic E-state index is 6.30. The van der Waals surface area contributed by atoms with Crippen LogP contribution < -0.4 is 10.6 Å². The largest absolute Gasteiger partial charge is 0.370 e. The van der Waals surface area contributed by atoms with Crippen molar-refractivity contribution in [3.8, 4) is 0 Å². The third-order valence-corrected chi connectivity index (χ3v) is 6.27. The lowest BCUT2D eigenvalue weighted by Crippen LogP contribution is -2.53. The molecule has 140 valence electrons. The van der Waals surface area contributed by atoms with Crippen LogP contribution >= 0.6 is 11.3 Å². The number of hydrogen-bond donors (Lipinski definition) is 1. The number of aliphatic imine (C=N–C) groups is 1. The van der Waals surface area contributed by atoms with Gasteiger partial charge in [-0.15, -0.1) is 11.3 Å². The molecule has 25 heavy (non-hydrogen) atoms. The fourth-order valence-electron chi connectivity index (χ4n) is 3.71. The van der Waals surface area contributed by atoms with E-state index in [4.69, 9.17) is 10.7 Å². The van der Waals surface area contributed by atoms with Crippen LogP contribution in [0.2, 0.25) is 0 Å². The Hall–Kier alpha value is -1.34. The predicted molar refractivity (Wildman–Crippen MR) is 106 cm³/mol. The SMILES string of the molecule is CC1CCCN(C(C)(C)CN=C(N)N2CCN(c3nccs3)CC2)C1. The van der Waals surface area contributed by atoms with Crippen molar-refractivity contribution in [3.63, 3.8) is 0 Å². The summed E-state index contributed by atoms with van der Waals surface area (Å²) in [6, 6.07) is 0. The van der Waals surface area contributed by atoms with E-state index in [1.54, 1.807) is 11.3 Å². The average Bonchev–Trinajstić information content (AvgIpc) is 3.14. The Kier molecular flexibility index (Phi) is 5.84. The normalized spacial score (nSPS) is 24.0. The van der Waals surface area contributed by atoms with Crippen LogP contribution in [0.4, 0.5) is 5.13 Å². The van der Waals surface area contributed by atoms with E-state index in [0.29, 0.717) is 5.96 Å². The number of nitrogens with two attached hydrogens (primary N) is 1. The van der Waals surface area contributed by atoms with Crippen LogP contribution in [0, 0.1) is 5.92 Å². The molecule has 0 saturated carbocycles. The van der Waals surface area contributed by atoms with Crippen LogP contribution in [-0.4, -0.2) is 72.1 Å². The van der Waals surface area contributed by atoms with Crippen LogP contribution in [0.3, 0.4) is 0 Å². The number of hydrogen-bond acceptors (Lipinski definition) is 5. The molecule has 1 aromatic heterocycles. The summed E-state index contributed by atoms with van der Waals surface area (Å²) >= 11 is 1.70. The monoisotopic (exact) mass is 364 g/mol. The molecule has 2 aliphatic heterocycles. The van der Waals surface area contributed by atoms with Gasteiger partial charge in [0.25, 0.3) is 0 Å². The first-order valence-corrected chi connectivity index (χ1v) is 10.3. The van der Waals surface area contributed by atoms with E-state index in [1.807, 2.05) is 11.6 Å². The number of thiazole rings is 1. The molecule has 2 fully saturated rings. The quantitative estimate of drug-likeness (QED) is 0.655. The number of piperidine rings is 1. The van der Waals surface area contributed by atoms with Crippen molar-refractivity contribution in [1.29, 1.82) is 0 Å². The van der Waals surface area contributed by atoms with Gasteiger partial charge in [0.15, 0.2) is 11.1 Å². The standard InChI is InChI=1S/C18H32N6S/c1-15-5-4-7-24(13-15)18(2,3)14-21-16(19)22-8-10-23(11-9-22)17-20-6-12-25-17/h6,12,15H,4-5,7-11,13-14H2,1-3H3,(H2,19,21). The van der Waals surface area contributed by atoms with Gasteiger partial charge in [-0.3, -0.25) is 9.89 Å². The Morgan fingerprint density at radius 1 is 1.32 bits per heavy atom. The molecule has 0 aliphatic carbocycles. The van der Waals surface area contributed by atoms with Gasteiger partial charge in [-0.25, -0.2) is 4.98 Å². The predicted octanol–water partition coefficient (Wildman–Crippen LogP) is 2.09. The Morgan fingerprint density at radius 3 is 2.72 bits per heavy atom. The molecule has 3 heterocycles. The Morgan fingerprint density at radius 2 is 2.08 bits per heavy atom. The first-order chi connectivity index (χ1) is 12.0. The van der Waals surface area contributed by atoms with Gasteiger partial charge in [0, 0.05) is 49.8 Å². The van der Waals surface area contributed by atoms with Gasteiger partial charge in [-0.2, -0.15) is 0 Å². The van der Waals surface area contributed by atoms with Crippen LogP contribution in [0.5, 0.6) is 0 Å². The third kappa shape index (κ3) is 4.64. The Bertz CT molecular complexity index is 562. The van der Waals surface area contributed by atoms with Gasteiger partial charge in [0.05, 0.1) is 6.54 Å². The van der Waals surface area contributed by atoms with Crippen LogP contribution in [0.1, 0.15) is 33.6 Å². The molecule has 0 spiro atoms. The van der Waals surface area contributed by atoms with E-state index in [2.05, 4.69) is 40.5 Å². The summed E-state index contributed by atoms with van der Waals surface area (Å²) in [7, 11) is 0. The van der Waals surface area contributed by atoms with E-state index in [0.717, 1.165) is 43.8 Å². The summed E-state index contributed by atoms with van der Waals surface area (Å²) in [5.74, 6) is 1.48. The molecule has 6 nitrogen and oxygen atoms in total. The number of guanidine groups is 1. The third-order valence-electron chi connectivity index (χ3n) is 5.43. The molecule has 2 N–H and O–H groups in total. The van der Waals surface area contributed by atoms with Crippen molar-refractivity contribution in [3.05, 3.63) is 11.6 Å². The maximum atomic E-state index is 6.30. The minimum atomic E-state index is 0.0714. The lowest BCUT2D eigenvalue weighted by atomic mass is 9.94. The van der Waals surface area contributed by atoms with Gasteiger partial charge in [0.2, 0.25) is 0 Å². The van der Waals surface area contributed by atoms with Gasteiger partial charge < -0.3 is 15.5 Å². The summed E-state index contributed by atoms with van der Waals surface area (Å²) in [6.07, 6.45) is 4.51. The smallest absolute Gasteiger partial charge is 0.191 e. The minimum absolute atomic E-state index is 0.0714. The number of anilines is 1. The number of aromatic nitrogens is 1. The van der Waals surface area contributed by atoms with E-state index in [1.165, 1.54) is 25.9 Å². The van der Waals surface area contributed by atoms with E-state index in [-0.39, 0.29) is 5.54 Å². The molecule has 3 rings (SSSR count). The minimum Gasteiger partial charge on any atom is -0.370 e. The zero-order chi connectivity index (χ0) is 17.9. The molecule has 0 aromatic carbocycles. The van der Waals surface area contributed by atoms with Gasteiger partial charge in [-0.05, 0) is 39.2 Å². The molecule has 1 unspecified atom stereocenters. The lowest BCUT2D eigenvalue weighted by molar-refractivity contribution is 0.0773. The average molecular weight is 365 g/mol. The van der Waals surface area contributed by atoms with Gasteiger partial charge in [0.1, 0.15) is 0 Å². The maximum Gasteiger partial charge on any atom is 0.191 e. The van der Waals surface area contributed by atoms with Crippen molar-refractivity contribution in [1.82, 2.24) is 14.8 Å². The summed E-state index contributed by atoms with van der Waals surface area (Å²) in [4.78, 5) is 16.3. The zero-order valence-electron chi connectivity index (χ0n) is 15.8. The summed E-state index contributed by atoms with van der Waals surface area (Å²) in [6.45, 7) is 13.8. The highest BCUT2D eigenvalue weighted by Crippen LogP contribution is 2.24. The summed E-state index contributed by atoms with van der Waals surface area (Å²) in [5, 5.41) is 3.14. The highest BCUT2D eigenvalue weighted by atomic mass is 32.1. The molecular formula is C18H32N6S. The van der Waals surface area contributed by atoms with Crippen LogP contribution in [-0.2, 0) is 0 Å². The number of rotatable bonds is 4. The zero-order valence-corrected chi connectivity index (χ0v) is 16.6.